The van der Waals surface area contributed by atoms with Gasteiger partial charge in [0.2, 0.25) is 10.0 Å². The minimum absolute atomic E-state index is 0.103. The molecule has 1 heterocycles. The van der Waals surface area contributed by atoms with Crippen molar-refractivity contribution in [2.75, 3.05) is 0 Å². The van der Waals surface area contributed by atoms with E-state index in [1.807, 2.05) is 60.7 Å². The number of benzene rings is 3. The Morgan fingerprint density at radius 1 is 0.938 bits per heavy atom. The van der Waals surface area contributed by atoms with Crippen LogP contribution in [0, 0.1) is 5.92 Å². The van der Waals surface area contributed by atoms with Crippen LogP contribution in [0.15, 0.2) is 88.6 Å². The van der Waals surface area contributed by atoms with Crippen LogP contribution in [-0.2, 0) is 16.6 Å². The minimum Gasteiger partial charge on any atom is -0.294 e. The Morgan fingerprint density at radius 2 is 1.59 bits per heavy atom. The Bertz CT molecular complexity index is 1360. The molecule has 166 valence electrons. The highest BCUT2D eigenvalue weighted by Gasteiger charge is 2.23. The van der Waals surface area contributed by atoms with Crippen LogP contribution in [0.5, 0.6) is 0 Å². The summed E-state index contributed by atoms with van der Waals surface area (Å²) in [5.41, 5.74) is 2.70. The summed E-state index contributed by atoms with van der Waals surface area (Å²) in [4.78, 5) is 12.7. The van der Waals surface area contributed by atoms with Gasteiger partial charge >= 0.3 is 4.87 Å². The molecule has 0 aliphatic heterocycles. The Kier molecular flexibility index (Phi) is 6.60. The van der Waals surface area contributed by atoms with Crippen molar-refractivity contribution < 1.29 is 8.42 Å². The van der Waals surface area contributed by atoms with E-state index in [0.717, 1.165) is 28.0 Å². The molecule has 0 bridgehead atoms. The van der Waals surface area contributed by atoms with Crippen LogP contribution in [0.3, 0.4) is 0 Å². The lowest BCUT2D eigenvalue weighted by molar-refractivity contribution is 0.472. The summed E-state index contributed by atoms with van der Waals surface area (Å²) in [6.45, 7) is 4.60. The zero-order valence-electron chi connectivity index (χ0n) is 18.1. The summed E-state index contributed by atoms with van der Waals surface area (Å²) in [6, 6.07) is 24.0. The molecule has 0 aliphatic rings. The standard InChI is InChI=1S/C25H26N2O3S2/c1-18(2)15-22(20-11-7-4-8-12-20)26-32(29,30)21-13-14-23-24(16-21)31-25(28)27(23)17-19-9-5-3-6-10-19/h3-14,16,18,22,26H,15,17H2,1-2H3/t22-/m0/s1. The van der Waals surface area contributed by atoms with E-state index in [4.69, 9.17) is 0 Å². The maximum Gasteiger partial charge on any atom is 0.308 e. The molecular formula is C25H26N2O3S2. The van der Waals surface area contributed by atoms with Gasteiger partial charge in [-0.1, -0.05) is 85.8 Å². The minimum atomic E-state index is -3.76. The number of fused-ring (bicyclic) bond motifs is 1. The molecule has 4 rings (SSSR count). The summed E-state index contributed by atoms with van der Waals surface area (Å²) in [6.07, 6.45) is 0.687. The first-order valence-corrected chi connectivity index (χ1v) is 12.9. The van der Waals surface area contributed by atoms with Crippen molar-refractivity contribution in [1.82, 2.24) is 9.29 Å². The summed E-state index contributed by atoms with van der Waals surface area (Å²) in [7, 11) is -3.76. The molecule has 0 saturated heterocycles. The van der Waals surface area contributed by atoms with Gasteiger partial charge in [-0.05, 0) is 41.7 Å². The fourth-order valence-electron chi connectivity index (χ4n) is 3.79. The summed E-state index contributed by atoms with van der Waals surface area (Å²) >= 11 is 1.07. The van der Waals surface area contributed by atoms with Crippen molar-refractivity contribution in [3.05, 3.63) is 99.7 Å². The first-order valence-electron chi connectivity index (χ1n) is 10.6. The molecule has 0 fully saturated rings. The van der Waals surface area contributed by atoms with E-state index in [1.54, 1.807) is 22.8 Å². The van der Waals surface area contributed by atoms with Crippen molar-refractivity contribution in [1.29, 1.82) is 0 Å². The molecule has 32 heavy (non-hydrogen) atoms. The highest BCUT2D eigenvalue weighted by Crippen LogP contribution is 2.26. The first-order chi connectivity index (χ1) is 15.3. The van der Waals surface area contributed by atoms with Crippen LogP contribution in [0.25, 0.3) is 10.2 Å². The van der Waals surface area contributed by atoms with E-state index >= 15 is 0 Å². The SMILES string of the molecule is CC(C)C[C@H](NS(=O)(=O)c1ccc2c(c1)sc(=O)n2Cc1ccccc1)c1ccccc1. The lowest BCUT2D eigenvalue weighted by atomic mass is 9.98. The van der Waals surface area contributed by atoms with Crippen LogP contribution >= 0.6 is 11.3 Å². The van der Waals surface area contributed by atoms with Gasteiger partial charge in [-0.25, -0.2) is 13.1 Å². The van der Waals surface area contributed by atoms with Gasteiger partial charge in [0.15, 0.2) is 0 Å². The second kappa shape index (κ2) is 9.40. The van der Waals surface area contributed by atoms with Crippen molar-refractivity contribution in [3.8, 4) is 0 Å². The molecule has 4 aromatic rings. The van der Waals surface area contributed by atoms with Crippen LogP contribution in [0.1, 0.15) is 37.4 Å². The highest BCUT2D eigenvalue weighted by molar-refractivity contribution is 7.89. The molecule has 0 saturated carbocycles. The van der Waals surface area contributed by atoms with E-state index in [1.165, 1.54) is 0 Å². The molecule has 5 nitrogen and oxygen atoms in total. The van der Waals surface area contributed by atoms with Gasteiger partial charge in [0, 0.05) is 6.04 Å². The maximum absolute atomic E-state index is 13.2. The smallest absolute Gasteiger partial charge is 0.294 e. The van der Waals surface area contributed by atoms with E-state index < -0.39 is 10.0 Å². The maximum atomic E-state index is 13.2. The normalized spacial score (nSPS) is 13.0. The average Bonchev–Trinajstić information content (AvgIpc) is 3.08. The molecule has 0 unspecified atom stereocenters. The lowest BCUT2D eigenvalue weighted by Crippen LogP contribution is -2.29. The van der Waals surface area contributed by atoms with E-state index in [-0.39, 0.29) is 15.8 Å². The Morgan fingerprint density at radius 3 is 2.25 bits per heavy atom. The van der Waals surface area contributed by atoms with E-state index in [2.05, 4.69) is 18.6 Å². The first kappa shape index (κ1) is 22.5. The molecule has 1 atom stereocenters. The number of aromatic nitrogens is 1. The Labute approximate surface area is 192 Å². The number of hydrogen-bond donors (Lipinski definition) is 1. The van der Waals surface area contributed by atoms with Gasteiger partial charge in [-0.2, -0.15) is 0 Å². The van der Waals surface area contributed by atoms with Crippen molar-refractivity contribution >= 4 is 31.6 Å². The monoisotopic (exact) mass is 466 g/mol. The van der Waals surface area contributed by atoms with E-state index in [9.17, 15) is 13.2 Å². The third-order valence-electron chi connectivity index (χ3n) is 5.34. The predicted octanol–water partition coefficient (Wildman–Crippen LogP) is 5.18. The molecule has 1 N–H and O–H groups in total. The number of nitrogens with one attached hydrogen (secondary N) is 1. The number of nitrogens with zero attached hydrogens (tertiary/aromatic N) is 1. The fraction of sp³-hybridized carbons (Fsp3) is 0.240. The van der Waals surface area contributed by atoms with Gasteiger partial charge in [0.1, 0.15) is 0 Å². The van der Waals surface area contributed by atoms with Gasteiger partial charge in [0.05, 0.1) is 21.7 Å². The van der Waals surface area contributed by atoms with Gasteiger partial charge < -0.3 is 0 Å². The predicted molar refractivity (Wildman–Crippen MR) is 131 cm³/mol. The summed E-state index contributed by atoms with van der Waals surface area (Å²) < 4.78 is 31.7. The van der Waals surface area contributed by atoms with Crippen LogP contribution in [0.4, 0.5) is 0 Å². The molecule has 0 aliphatic carbocycles. The number of hydrogen-bond acceptors (Lipinski definition) is 4. The van der Waals surface area contributed by atoms with Crippen molar-refractivity contribution in [3.63, 3.8) is 0 Å². The van der Waals surface area contributed by atoms with E-state index in [0.29, 0.717) is 23.6 Å². The second-order valence-corrected chi connectivity index (χ2v) is 11.0. The van der Waals surface area contributed by atoms with Crippen molar-refractivity contribution in [2.24, 2.45) is 5.92 Å². The largest absolute Gasteiger partial charge is 0.308 e. The molecule has 0 radical (unpaired) electrons. The molecule has 1 aromatic heterocycles. The molecule has 0 spiro atoms. The van der Waals surface area contributed by atoms with Gasteiger partial charge in [0.25, 0.3) is 0 Å². The van der Waals surface area contributed by atoms with Crippen LogP contribution < -0.4 is 9.60 Å². The molecular weight excluding hydrogens is 440 g/mol. The number of sulfonamides is 1. The average molecular weight is 467 g/mol. The topological polar surface area (TPSA) is 68.2 Å². The van der Waals surface area contributed by atoms with Gasteiger partial charge in [-0.15, -0.1) is 0 Å². The number of thiazole rings is 1. The Balaban J connectivity index is 1.65. The van der Waals surface area contributed by atoms with Crippen LogP contribution in [0.2, 0.25) is 0 Å². The molecule has 0 amide bonds. The third-order valence-corrected chi connectivity index (χ3v) is 7.75. The lowest BCUT2D eigenvalue weighted by Gasteiger charge is -2.21. The molecule has 3 aromatic carbocycles. The zero-order valence-corrected chi connectivity index (χ0v) is 19.7. The Hall–Kier alpha value is -2.74. The second-order valence-electron chi connectivity index (χ2n) is 8.28. The summed E-state index contributed by atoms with van der Waals surface area (Å²) in [5, 5.41) is 0. The van der Waals surface area contributed by atoms with Gasteiger partial charge in [-0.3, -0.25) is 9.36 Å². The van der Waals surface area contributed by atoms with Crippen molar-refractivity contribution in [2.45, 2.75) is 37.8 Å². The quantitative estimate of drug-likeness (QED) is 0.389. The highest BCUT2D eigenvalue weighted by atomic mass is 32.2. The zero-order chi connectivity index (χ0) is 22.7. The third kappa shape index (κ3) is 5.01. The number of rotatable bonds is 8. The van der Waals surface area contributed by atoms with Crippen LogP contribution in [-0.4, -0.2) is 13.0 Å². The fourth-order valence-corrected chi connectivity index (χ4v) is 6.06. The summed E-state index contributed by atoms with van der Waals surface area (Å²) in [5.74, 6) is 0.322. The molecule has 7 heteroatoms.